The van der Waals surface area contributed by atoms with Crippen molar-refractivity contribution < 1.29 is 9.53 Å². The Labute approximate surface area is 179 Å². The third kappa shape index (κ3) is 5.77. The van der Waals surface area contributed by atoms with Gasteiger partial charge in [0.15, 0.2) is 0 Å². The number of para-hydroxylation sites is 1. The zero-order valence-electron chi connectivity index (χ0n) is 18.0. The van der Waals surface area contributed by atoms with Gasteiger partial charge in [0, 0.05) is 31.7 Å². The van der Waals surface area contributed by atoms with Crippen LogP contribution in [-0.4, -0.2) is 62.4 Å². The minimum Gasteiger partial charge on any atom is -0.378 e. The summed E-state index contributed by atoms with van der Waals surface area (Å²) in [5.41, 5.74) is 1.53. The van der Waals surface area contributed by atoms with Gasteiger partial charge in [0.1, 0.15) is 0 Å². The van der Waals surface area contributed by atoms with Gasteiger partial charge in [0.25, 0.3) is 0 Å². The van der Waals surface area contributed by atoms with E-state index < -0.39 is 0 Å². The van der Waals surface area contributed by atoms with Crippen LogP contribution in [0.1, 0.15) is 40.0 Å². The van der Waals surface area contributed by atoms with Crippen LogP contribution in [0.15, 0.2) is 18.2 Å². The summed E-state index contributed by atoms with van der Waals surface area (Å²) in [7, 11) is 0. The molecule has 2 saturated heterocycles. The molecule has 0 spiro atoms. The Hall–Kier alpha value is -1.50. The van der Waals surface area contributed by atoms with Crippen LogP contribution >= 0.6 is 11.6 Å². The van der Waals surface area contributed by atoms with E-state index in [0.717, 1.165) is 43.5 Å². The van der Waals surface area contributed by atoms with Crippen LogP contribution in [0.4, 0.5) is 16.2 Å². The number of likely N-dealkylation sites (tertiary alicyclic amines) is 1. The van der Waals surface area contributed by atoms with Crippen molar-refractivity contribution in [1.82, 2.24) is 10.2 Å². The number of hydrogen-bond donors (Lipinski definition) is 2. The van der Waals surface area contributed by atoms with Crippen molar-refractivity contribution in [2.24, 2.45) is 5.92 Å². The van der Waals surface area contributed by atoms with Gasteiger partial charge < -0.3 is 20.3 Å². The Kier molecular flexibility index (Phi) is 7.66. The summed E-state index contributed by atoms with van der Waals surface area (Å²) in [5, 5.41) is 6.72. The summed E-state index contributed by atoms with van der Waals surface area (Å²) in [6, 6.07) is 5.43. The lowest BCUT2D eigenvalue weighted by Crippen LogP contribution is -2.55. The lowest BCUT2D eigenvalue weighted by atomic mass is 9.91. The Bertz CT molecular complexity index is 691. The fraction of sp³-hybridized carbons (Fsp3) is 0.682. The van der Waals surface area contributed by atoms with Crippen LogP contribution < -0.4 is 15.5 Å². The van der Waals surface area contributed by atoms with E-state index in [0.29, 0.717) is 24.8 Å². The molecule has 2 amide bonds. The number of morpholine rings is 1. The number of nitrogens with one attached hydrogen (secondary N) is 2. The van der Waals surface area contributed by atoms with Crippen molar-refractivity contribution >= 4 is 29.0 Å². The molecule has 162 valence electrons. The summed E-state index contributed by atoms with van der Waals surface area (Å²) >= 11 is 6.46. The maximum Gasteiger partial charge on any atom is 0.319 e. The summed E-state index contributed by atoms with van der Waals surface area (Å²) in [6.07, 6.45) is 3.77. The van der Waals surface area contributed by atoms with E-state index in [1.54, 1.807) is 0 Å². The maximum atomic E-state index is 12.7. The Morgan fingerprint density at radius 3 is 2.76 bits per heavy atom. The van der Waals surface area contributed by atoms with Crippen LogP contribution in [0.2, 0.25) is 5.02 Å². The number of piperidine rings is 1. The van der Waals surface area contributed by atoms with Crippen molar-refractivity contribution in [2.45, 2.75) is 45.6 Å². The van der Waals surface area contributed by atoms with E-state index in [1.807, 2.05) is 18.2 Å². The number of carbonyl (C=O) groups excluding carboxylic acids is 1. The van der Waals surface area contributed by atoms with Crippen molar-refractivity contribution in [2.75, 3.05) is 56.2 Å². The summed E-state index contributed by atoms with van der Waals surface area (Å²) < 4.78 is 5.44. The Balaban J connectivity index is 1.60. The first-order valence-corrected chi connectivity index (χ1v) is 11.2. The molecule has 0 saturated carbocycles. The maximum absolute atomic E-state index is 12.7. The van der Waals surface area contributed by atoms with Gasteiger partial charge >= 0.3 is 6.03 Å². The molecule has 1 atom stereocenters. The third-order valence-corrected chi connectivity index (χ3v) is 6.50. The zero-order valence-corrected chi connectivity index (χ0v) is 18.7. The lowest BCUT2D eigenvalue weighted by Gasteiger charge is -2.43. The number of benzene rings is 1. The van der Waals surface area contributed by atoms with Gasteiger partial charge in [-0.05, 0) is 51.3 Å². The number of amides is 2. The van der Waals surface area contributed by atoms with Crippen LogP contribution in [-0.2, 0) is 4.74 Å². The van der Waals surface area contributed by atoms with Crippen molar-refractivity contribution in [3.8, 4) is 0 Å². The van der Waals surface area contributed by atoms with Crippen LogP contribution in [0.5, 0.6) is 0 Å². The number of halogens is 1. The second-order valence-corrected chi connectivity index (χ2v) is 9.13. The monoisotopic (exact) mass is 422 g/mol. The highest BCUT2D eigenvalue weighted by molar-refractivity contribution is 6.34. The SMILES string of the molecule is CC[C@H]1CCCN(C(C)(C)CNC(=O)Nc2cccc(Cl)c2N2CCOCC2)C1. The minimum atomic E-state index is -0.195. The largest absolute Gasteiger partial charge is 0.378 e. The molecule has 29 heavy (non-hydrogen) atoms. The van der Waals surface area contributed by atoms with Gasteiger partial charge in [-0.15, -0.1) is 0 Å². The standard InChI is InChI=1S/C22H35ClN4O2/c1-4-17-7-6-10-27(15-17)22(2,3)16-24-21(28)25-19-9-5-8-18(23)20(19)26-11-13-29-14-12-26/h5,8-9,17H,4,6-7,10-16H2,1-3H3,(H2,24,25,28)/t17-/m0/s1. The molecular formula is C22H35ClN4O2. The molecule has 1 aromatic rings. The number of hydrogen-bond acceptors (Lipinski definition) is 4. The molecule has 3 rings (SSSR count). The number of ether oxygens (including phenoxy) is 1. The quantitative estimate of drug-likeness (QED) is 0.721. The van der Waals surface area contributed by atoms with Crippen molar-refractivity contribution in [3.05, 3.63) is 23.2 Å². The molecule has 0 aromatic heterocycles. The normalized spacial score (nSPS) is 21.1. The number of urea groups is 1. The molecule has 0 unspecified atom stereocenters. The molecular weight excluding hydrogens is 388 g/mol. The average Bonchev–Trinajstić information content (AvgIpc) is 2.73. The zero-order chi connectivity index (χ0) is 20.9. The topological polar surface area (TPSA) is 56.8 Å². The molecule has 1 aromatic carbocycles. The molecule has 2 heterocycles. The predicted molar refractivity (Wildman–Crippen MR) is 120 cm³/mol. The third-order valence-electron chi connectivity index (χ3n) is 6.20. The number of carbonyl (C=O) groups is 1. The highest BCUT2D eigenvalue weighted by Crippen LogP contribution is 2.34. The molecule has 7 heteroatoms. The molecule has 2 aliphatic rings. The highest BCUT2D eigenvalue weighted by Gasteiger charge is 2.31. The first-order chi connectivity index (χ1) is 13.9. The number of anilines is 2. The molecule has 0 aliphatic carbocycles. The molecule has 2 N–H and O–H groups in total. The van der Waals surface area contributed by atoms with E-state index in [2.05, 4.69) is 41.2 Å². The van der Waals surface area contributed by atoms with E-state index in [9.17, 15) is 4.79 Å². The van der Waals surface area contributed by atoms with Crippen LogP contribution in [0.25, 0.3) is 0 Å². The molecule has 0 bridgehead atoms. The number of rotatable bonds is 6. The van der Waals surface area contributed by atoms with Crippen LogP contribution in [0, 0.1) is 5.92 Å². The average molecular weight is 423 g/mol. The minimum absolute atomic E-state index is 0.0768. The van der Waals surface area contributed by atoms with Gasteiger partial charge in [0.2, 0.25) is 0 Å². The van der Waals surface area contributed by atoms with E-state index in [-0.39, 0.29) is 11.6 Å². The number of nitrogens with zero attached hydrogens (tertiary/aromatic N) is 2. The molecule has 0 radical (unpaired) electrons. The van der Waals surface area contributed by atoms with Crippen molar-refractivity contribution in [3.63, 3.8) is 0 Å². The highest BCUT2D eigenvalue weighted by atomic mass is 35.5. The molecule has 2 aliphatic heterocycles. The Morgan fingerprint density at radius 1 is 1.28 bits per heavy atom. The molecule has 2 fully saturated rings. The second-order valence-electron chi connectivity index (χ2n) is 8.72. The van der Waals surface area contributed by atoms with Gasteiger partial charge in [-0.3, -0.25) is 4.90 Å². The van der Waals surface area contributed by atoms with E-state index in [1.165, 1.54) is 19.3 Å². The molecule has 6 nitrogen and oxygen atoms in total. The van der Waals surface area contributed by atoms with Crippen LogP contribution in [0.3, 0.4) is 0 Å². The predicted octanol–water partition coefficient (Wildman–Crippen LogP) is 4.20. The smallest absolute Gasteiger partial charge is 0.319 e. The van der Waals surface area contributed by atoms with Gasteiger partial charge in [-0.1, -0.05) is 31.0 Å². The van der Waals surface area contributed by atoms with Gasteiger partial charge in [-0.2, -0.15) is 0 Å². The summed E-state index contributed by atoms with van der Waals surface area (Å²) in [5.74, 6) is 0.763. The summed E-state index contributed by atoms with van der Waals surface area (Å²) in [4.78, 5) is 17.4. The summed E-state index contributed by atoms with van der Waals surface area (Å²) in [6.45, 7) is 12.4. The van der Waals surface area contributed by atoms with Crippen molar-refractivity contribution in [1.29, 1.82) is 0 Å². The van der Waals surface area contributed by atoms with Gasteiger partial charge in [0.05, 0.1) is 29.6 Å². The van der Waals surface area contributed by atoms with E-state index in [4.69, 9.17) is 16.3 Å². The lowest BCUT2D eigenvalue weighted by molar-refractivity contribution is 0.0669. The second kappa shape index (κ2) is 10.0. The first kappa shape index (κ1) is 22.2. The Morgan fingerprint density at radius 2 is 2.03 bits per heavy atom. The fourth-order valence-electron chi connectivity index (χ4n) is 4.25. The van der Waals surface area contributed by atoms with E-state index >= 15 is 0 Å². The fourth-order valence-corrected chi connectivity index (χ4v) is 4.54. The first-order valence-electron chi connectivity index (χ1n) is 10.8. The van der Waals surface area contributed by atoms with Gasteiger partial charge in [-0.25, -0.2) is 4.79 Å².